The number of aromatic nitrogens is 1. The van der Waals surface area contributed by atoms with E-state index in [-0.39, 0.29) is 11.5 Å². The molecule has 9 heteroatoms. The van der Waals surface area contributed by atoms with E-state index in [1.807, 2.05) is 11.4 Å². The van der Waals surface area contributed by atoms with Crippen molar-refractivity contribution in [1.29, 1.82) is 0 Å². The van der Waals surface area contributed by atoms with Gasteiger partial charge in [-0.25, -0.2) is 10.8 Å². The van der Waals surface area contributed by atoms with Gasteiger partial charge in [0.25, 0.3) is 5.69 Å². The highest BCUT2D eigenvalue weighted by atomic mass is 79.9. The fraction of sp³-hybridized carbons (Fsp3) is 0.100. The van der Waals surface area contributed by atoms with Crippen molar-refractivity contribution >= 4 is 44.6 Å². The largest absolute Gasteiger partial charge is 0.365 e. The molecular weight excluding hydrogens is 334 g/mol. The molecule has 2 aromatic heterocycles. The van der Waals surface area contributed by atoms with Crippen molar-refractivity contribution in [3.63, 3.8) is 0 Å². The number of halogens is 1. The maximum atomic E-state index is 10.8. The molecule has 0 amide bonds. The molecule has 0 aliphatic carbocycles. The van der Waals surface area contributed by atoms with Gasteiger partial charge < -0.3 is 10.7 Å². The molecule has 0 spiro atoms. The van der Waals surface area contributed by atoms with Crippen molar-refractivity contribution in [2.24, 2.45) is 5.84 Å². The third-order valence-electron chi connectivity index (χ3n) is 2.23. The minimum absolute atomic E-state index is 0.0715. The third kappa shape index (κ3) is 3.63. The summed E-state index contributed by atoms with van der Waals surface area (Å²) in [6.07, 6.45) is 0. The molecule has 0 radical (unpaired) electrons. The van der Waals surface area contributed by atoms with Crippen molar-refractivity contribution < 1.29 is 4.92 Å². The number of nitrogens with zero attached hydrogens (tertiary/aromatic N) is 2. The molecule has 0 atom stereocenters. The minimum Gasteiger partial charge on any atom is -0.365 e. The first-order valence-electron chi connectivity index (χ1n) is 5.18. The Morgan fingerprint density at radius 1 is 1.42 bits per heavy atom. The molecule has 2 aromatic rings. The number of nitrogens with one attached hydrogen (secondary N) is 2. The molecule has 0 aliphatic heterocycles. The Bertz CT molecular complexity index is 603. The summed E-state index contributed by atoms with van der Waals surface area (Å²) in [5.74, 6) is 5.87. The molecule has 2 heterocycles. The van der Waals surface area contributed by atoms with Gasteiger partial charge in [-0.1, -0.05) is 0 Å². The molecule has 2 rings (SSSR count). The first-order valence-corrected chi connectivity index (χ1v) is 6.85. The van der Waals surface area contributed by atoms with Crippen molar-refractivity contribution in [1.82, 2.24) is 4.98 Å². The number of hydrazine groups is 1. The quantitative estimate of drug-likeness (QED) is 0.437. The fourth-order valence-electron chi connectivity index (χ4n) is 1.41. The Morgan fingerprint density at radius 3 is 2.74 bits per heavy atom. The van der Waals surface area contributed by atoms with E-state index < -0.39 is 4.92 Å². The predicted octanol–water partition coefficient (Wildman–Crippen LogP) is 2.71. The topological polar surface area (TPSA) is 106 Å². The van der Waals surface area contributed by atoms with Crippen molar-refractivity contribution in [3.8, 4) is 0 Å². The molecule has 0 saturated carbocycles. The average molecular weight is 344 g/mol. The molecule has 0 saturated heterocycles. The SMILES string of the molecule is NNc1cc([N+](=O)[O-])cc(NCc2cc(Br)cs2)n1. The number of nitrogen functional groups attached to an aromatic ring is 1. The van der Waals surface area contributed by atoms with Gasteiger partial charge >= 0.3 is 0 Å². The van der Waals surface area contributed by atoms with Crippen LogP contribution in [-0.2, 0) is 6.54 Å². The molecule has 0 aromatic carbocycles. The molecule has 100 valence electrons. The highest BCUT2D eigenvalue weighted by Crippen LogP contribution is 2.23. The Labute approximate surface area is 121 Å². The molecule has 4 N–H and O–H groups in total. The van der Waals surface area contributed by atoms with Crippen molar-refractivity contribution in [2.45, 2.75) is 6.54 Å². The molecule has 0 aliphatic rings. The lowest BCUT2D eigenvalue weighted by molar-refractivity contribution is -0.384. The van der Waals surface area contributed by atoms with E-state index in [1.165, 1.54) is 12.1 Å². The zero-order chi connectivity index (χ0) is 13.8. The lowest BCUT2D eigenvalue weighted by Crippen LogP contribution is -2.10. The van der Waals surface area contributed by atoms with Crippen LogP contribution in [0.2, 0.25) is 0 Å². The van der Waals surface area contributed by atoms with Crippen molar-refractivity contribution in [2.75, 3.05) is 10.7 Å². The summed E-state index contributed by atoms with van der Waals surface area (Å²) in [6, 6.07) is 4.60. The van der Waals surface area contributed by atoms with Crippen LogP contribution >= 0.6 is 27.3 Å². The Kier molecular flexibility index (Phi) is 4.30. The van der Waals surface area contributed by atoms with Gasteiger partial charge in [0, 0.05) is 14.7 Å². The third-order valence-corrected chi connectivity index (χ3v) is 3.93. The van der Waals surface area contributed by atoms with Gasteiger partial charge in [-0.15, -0.1) is 11.3 Å². The number of hydrogen-bond donors (Lipinski definition) is 3. The van der Waals surface area contributed by atoms with E-state index in [2.05, 4.69) is 31.7 Å². The second kappa shape index (κ2) is 5.95. The molecule has 7 nitrogen and oxygen atoms in total. The number of pyridine rings is 1. The summed E-state index contributed by atoms with van der Waals surface area (Å²) >= 11 is 4.94. The van der Waals surface area contributed by atoms with Crippen molar-refractivity contribution in [3.05, 3.63) is 43.0 Å². The zero-order valence-corrected chi connectivity index (χ0v) is 12.0. The van der Waals surface area contributed by atoms with Gasteiger partial charge in [0.05, 0.1) is 23.6 Å². The van der Waals surface area contributed by atoms with E-state index in [0.29, 0.717) is 12.4 Å². The summed E-state index contributed by atoms with van der Waals surface area (Å²) in [6.45, 7) is 0.536. The number of hydrogen-bond acceptors (Lipinski definition) is 7. The van der Waals surface area contributed by atoms with Gasteiger partial charge in [-0.2, -0.15) is 0 Å². The Balaban J connectivity index is 2.15. The van der Waals surface area contributed by atoms with Crippen LogP contribution < -0.4 is 16.6 Å². The summed E-state index contributed by atoms with van der Waals surface area (Å²) in [7, 11) is 0. The Morgan fingerprint density at radius 2 is 2.16 bits per heavy atom. The van der Waals surface area contributed by atoms with E-state index in [4.69, 9.17) is 5.84 Å². The summed E-state index contributed by atoms with van der Waals surface area (Å²) in [5.41, 5.74) is 2.23. The number of thiophene rings is 1. The number of anilines is 2. The van der Waals surface area contributed by atoms with Crippen LogP contribution in [-0.4, -0.2) is 9.91 Å². The molecule has 0 bridgehead atoms. The van der Waals surface area contributed by atoms with Crippen LogP contribution in [0.4, 0.5) is 17.3 Å². The average Bonchev–Trinajstić information content (AvgIpc) is 2.81. The lowest BCUT2D eigenvalue weighted by atomic mass is 10.3. The standard InChI is InChI=1S/C10H10BrN5O2S/c11-6-1-8(19-5-6)4-13-9-2-7(16(17)18)3-10(14-9)15-12/h1-3,5H,4,12H2,(H2,13,14,15). The van der Waals surface area contributed by atoms with Gasteiger partial charge in [-0.3, -0.25) is 10.1 Å². The maximum Gasteiger partial charge on any atom is 0.276 e. The second-order valence-electron chi connectivity index (χ2n) is 3.58. The van der Waals surface area contributed by atoms with Gasteiger partial charge in [0.2, 0.25) is 0 Å². The first-order chi connectivity index (χ1) is 9.08. The minimum atomic E-state index is -0.491. The second-order valence-corrected chi connectivity index (χ2v) is 5.49. The van der Waals surface area contributed by atoms with E-state index >= 15 is 0 Å². The van der Waals surface area contributed by atoms with Crippen LogP contribution in [0.5, 0.6) is 0 Å². The lowest BCUT2D eigenvalue weighted by Gasteiger charge is -2.06. The van der Waals surface area contributed by atoms with E-state index in [9.17, 15) is 10.1 Å². The molecule has 19 heavy (non-hydrogen) atoms. The van der Waals surface area contributed by atoms with Crippen LogP contribution in [0.15, 0.2) is 28.1 Å². The van der Waals surface area contributed by atoms with Gasteiger partial charge in [0.1, 0.15) is 11.6 Å². The maximum absolute atomic E-state index is 10.8. The molecular formula is C10H10BrN5O2S. The van der Waals surface area contributed by atoms with Gasteiger partial charge in [0.15, 0.2) is 0 Å². The fourth-order valence-corrected chi connectivity index (χ4v) is 2.80. The number of nitro groups is 1. The van der Waals surface area contributed by atoms with Crippen LogP contribution in [0, 0.1) is 10.1 Å². The molecule has 0 unspecified atom stereocenters. The highest BCUT2D eigenvalue weighted by molar-refractivity contribution is 9.10. The van der Waals surface area contributed by atoms with Gasteiger partial charge in [-0.05, 0) is 22.0 Å². The summed E-state index contributed by atoms with van der Waals surface area (Å²) in [5, 5.41) is 15.8. The van der Waals surface area contributed by atoms with Crippen LogP contribution in [0.25, 0.3) is 0 Å². The van der Waals surface area contributed by atoms with E-state index in [0.717, 1.165) is 9.35 Å². The first kappa shape index (κ1) is 13.7. The van der Waals surface area contributed by atoms with Crippen LogP contribution in [0.1, 0.15) is 4.88 Å². The number of rotatable bonds is 5. The monoisotopic (exact) mass is 343 g/mol. The summed E-state index contributed by atoms with van der Waals surface area (Å²) in [4.78, 5) is 15.5. The molecule has 0 fully saturated rings. The van der Waals surface area contributed by atoms with E-state index in [1.54, 1.807) is 11.3 Å². The summed E-state index contributed by atoms with van der Waals surface area (Å²) < 4.78 is 1.01. The Hall–Kier alpha value is -1.71. The smallest absolute Gasteiger partial charge is 0.276 e. The normalized spacial score (nSPS) is 10.2. The predicted molar refractivity (Wildman–Crippen MR) is 78.0 cm³/mol. The number of nitrogens with two attached hydrogens (primary N) is 1. The van der Waals surface area contributed by atoms with Crippen LogP contribution in [0.3, 0.4) is 0 Å². The highest BCUT2D eigenvalue weighted by Gasteiger charge is 2.10. The zero-order valence-electron chi connectivity index (χ0n) is 9.59.